The summed E-state index contributed by atoms with van der Waals surface area (Å²) >= 11 is 0. The third-order valence-electron chi connectivity index (χ3n) is 0.941. The Morgan fingerprint density at radius 3 is 1.72 bits per heavy atom. The van der Waals surface area contributed by atoms with Gasteiger partial charge in [-0.15, -0.1) is 34.2 Å². The number of hydrogen-bond donors (Lipinski definition) is 0. The van der Waals surface area contributed by atoms with Gasteiger partial charge in [0.1, 0.15) is 0 Å². The van der Waals surface area contributed by atoms with Gasteiger partial charge in [0.2, 0.25) is 4.52 Å². The van der Waals surface area contributed by atoms with Gasteiger partial charge >= 0.3 is 39.8 Å². The average Bonchev–Trinajstić information content (AvgIpc) is 1.90. The number of nitrogens with zero attached hydrogens (tertiary/aromatic N) is 5. The Bertz CT molecular complexity index is 562. The lowest BCUT2D eigenvalue weighted by molar-refractivity contribution is 0.693. The van der Waals surface area contributed by atoms with Gasteiger partial charge in [0, 0.05) is 0 Å². The molecule has 18 heteroatoms. The Balaban J connectivity index is 3.69. The quantitative estimate of drug-likeness (QED) is 0.300. The molecule has 104 valence electrons. The zero-order chi connectivity index (χ0) is 14.2. The second kappa shape index (κ2) is 5.37. The van der Waals surface area contributed by atoms with E-state index in [-0.39, 0.29) is 0 Å². The molecule has 0 bridgehead atoms. The third-order valence-corrected chi connectivity index (χ3v) is 8.47. The summed E-state index contributed by atoms with van der Waals surface area (Å²) in [5, 5.41) is 0. The minimum atomic E-state index is -6.44. The van der Waals surface area contributed by atoms with Crippen molar-refractivity contribution in [2.75, 3.05) is 0 Å². The molecule has 0 aromatic rings. The Morgan fingerprint density at radius 2 is 1.17 bits per heavy atom. The van der Waals surface area contributed by atoms with Crippen LogP contribution in [0.2, 0.25) is 0 Å². The summed E-state index contributed by atoms with van der Waals surface area (Å²) in [5.41, 5.74) is 0. The normalized spacial score (nSPS) is 29.8. The van der Waals surface area contributed by atoms with Crippen LogP contribution in [0.4, 0.5) is 33.6 Å². The van der Waals surface area contributed by atoms with Crippen molar-refractivity contribution in [3.63, 3.8) is 0 Å². The van der Waals surface area contributed by atoms with Crippen LogP contribution in [0, 0.1) is 0 Å². The van der Waals surface area contributed by atoms with Gasteiger partial charge in [0.15, 0.2) is 0 Å². The van der Waals surface area contributed by atoms with Crippen molar-refractivity contribution in [2.45, 2.75) is 0 Å². The molecule has 0 aliphatic carbocycles. The van der Waals surface area contributed by atoms with Crippen molar-refractivity contribution in [3.8, 4) is 0 Å². The lowest BCUT2D eigenvalue weighted by Crippen LogP contribution is -1.62. The predicted octanol–water partition coefficient (Wildman–Crippen LogP) is 8.59. The number of halogens is 8. The summed E-state index contributed by atoms with van der Waals surface area (Å²) in [4.78, 5) is 0. The highest BCUT2D eigenvalue weighted by Crippen LogP contribution is 2.77. The highest BCUT2D eigenvalue weighted by Gasteiger charge is 2.41. The zero-order valence-corrected chi connectivity index (χ0v) is 12.0. The molecule has 1 rings (SSSR count). The van der Waals surface area contributed by atoms with Crippen LogP contribution in [0.3, 0.4) is 0 Å². The van der Waals surface area contributed by atoms with E-state index < -0.39 is 39.8 Å². The van der Waals surface area contributed by atoms with Gasteiger partial charge in [0.05, 0.1) is 17.4 Å². The van der Waals surface area contributed by atoms with Crippen molar-refractivity contribution in [3.05, 3.63) is 0 Å². The van der Waals surface area contributed by atoms with Crippen LogP contribution >= 0.6 is 39.8 Å². The molecule has 5 nitrogen and oxygen atoms in total. The van der Waals surface area contributed by atoms with Gasteiger partial charge in [-0.1, -0.05) is 0 Å². The SMILES string of the molecule is F[P+]1=N[P+](F)=NP(F)(F)=NP(F)(F)=NP(F)(F)=N1. The van der Waals surface area contributed by atoms with E-state index in [0.717, 1.165) is 0 Å². The first-order chi connectivity index (χ1) is 7.91. The largest absolute Gasteiger partial charge is 0.638 e. The minimum Gasteiger partial charge on any atom is -0.149 e. The molecule has 1 heterocycles. The lowest BCUT2D eigenvalue weighted by Gasteiger charge is -2.00. The second-order valence-electron chi connectivity index (χ2n) is 2.30. The van der Waals surface area contributed by atoms with Gasteiger partial charge in [-0.05, 0) is 0 Å². The van der Waals surface area contributed by atoms with Gasteiger partial charge in [-0.3, -0.25) is 0 Å². The van der Waals surface area contributed by atoms with Crippen LogP contribution in [0.25, 0.3) is 0 Å². The van der Waals surface area contributed by atoms with Crippen LogP contribution in [-0.2, 0) is 0 Å². The Morgan fingerprint density at radius 1 is 0.667 bits per heavy atom. The van der Waals surface area contributed by atoms with Gasteiger partial charge in [0.25, 0.3) is 0 Å². The maximum atomic E-state index is 12.7. The molecule has 2 atom stereocenters. The molecular weight excluding hydrogens is 377 g/mol. The molecule has 2 unspecified atom stereocenters. The second-order valence-corrected chi connectivity index (χ2v) is 9.57. The Labute approximate surface area is 96.7 Å². The molecule has 18 heavy (non-hydrogen) atoms. The summed E-state index contributed by atoms with van der Waals surface area (Å²) < 4.78 is 110. The summed E-state index contributed by atoms with van der Waals surface area (Å²) in [5.74, 6) is 0. The van der Waals surface area contributed by atoms with Crippen molar-refractivity contribution >= 4 is 39.8 Å². The fraction of sp³-hybridized carbons (Fsp3) is 0. The maximum absolute atomic E-state index is 12.7. The van der Waals surface area contributed by atoms with Crippen LogP contribution in [-0.4, -0.2) is 0 Å². The van der Waals surface area contributed by atoms with E-state index in [2.05, 4.69) is 4.52 Å². The molecule has 0 radical (unpaired) electrons. The van der Waals surface area contributed by atoms with Crippen molar-refractivity contribution in [1.29, 1.82) is 0 Å². The molecular formula is F8N5P5+2. The standard InChI is InChI=1S/F8N5P5/c1-14-9-15(2)11-17(5,6)13-18(7,8)12-16(3,4)10-14/q+2. The van der Waals surface area contributed by atoms with E-state index in [1.165, 1.54) is 9.03 Å². The van der Waals surface area contributed by atoms with E-state index >= 15 is 0 Å². The fourth-order valence-corrected chi connectivity index (χ4v) is 6.89. The molecule has 0 spiro atoms. The van der Waals surface area contributed by atoms with Crippen molar-refractivity contribution in [2.24, 2.45) is 22.6 Å². The monoisotopic (exact) mass is 377 g/mol. The minimum absolute atomic E-state index is 1.48. The molecule has 0 N–H and O–H groups in total. The van der Waals surface area contributed by atoms with E-state index in [1.54, 1.807) is 0 Å². The van der Waals surface area contributed by atoms with Gasteiger partial charge in [-0.25, -0.2) is 0 Å². The Kier molecular flexibility index (Phi) is 4.89. The van der Waals surface area contributed by atoms with E-state index in [4.69, 9.17) is 0 Å². The topological polar surface area (TPSA) is 61.8 Å². The summed E-state index contributed by atoms with van der Waals surface area (Å²) in [6.07, 6.45) is 0. The Hall–Kier alpha value is 0.330. The molecule has 0 aromatic carbocycles. The van der Waals surface area contributed by atoms with Crippen molar-refractivity contribution in [1.82, 2.24) is 0 Å². The molecule has 0 amide bonds. The first-order valence-electron chi connectivity index (χ1n) is 3.35. The molecule has 0 saturated carbocycles. The molecule has 1 aliphatic rings. The molecule has 0 fully saturated rings. The van der Waals surface area contributed by atoms with E-state index in [9.17, 15) is 33.6 Å². The fourth-order valence-electron chi connectivity index (χ4n) is 0.587. The third kappa shape index (κ3) is 5.54. The average molecular weight is 377 g/mol. The zero-order valence-electron chi connectivity index (χ0n) is 7.50. The van der Waals surface area contributed by atoms with Crippen LogP contribution < -0.4 is 0 Å². The smallest absolute Gasteiger partial charge is 0.149 e. The highest BCUT2D eigenvalue weighted by atomic mass is 31.3. The van der Waals surface area contributed by atoms with Gasteiger partial charge in [-0.2, -0.15) is 0 Å². The number of hydrogen-bond acceptors (Lipinski definition) is 5. The van der Waals surface area contributed by atoms with Crippen LogP contribution in [0.1, 0.15) is 0 Å². The van der Waals surface area contributed by atoms with E-state index in [1.807, 2.05) is 9.03 Å². The molecule has 1 aliphatic heterocycles. The number of rotatable bonds is 0. The van der Waals surface area contributed by atoms with E-state index in [0.29, 0.717) is 0 Å². The predicted molar refractivity (Wildman–Crippen MR) is 55.6 cm³/mol. The van der Waals surface area contributed by atoms with Crippen LogP contribution in [0.15, 0.2) is 22.6 Å². The highest BCUT2D eigenvalue weighted by molar-refractivity contribution is 7.74. The first-order valence-corrected chi connectivity index (χ1v) is 10.1. The van der Waals surface area contributed by atoms with Gasteiger partial charge < -0.3 is 0 Å². The summed E-state index contributed by atoms with van der Waals surface area (Å²) in [6.45, 7) is 0. The summed E-state index contributed by atoms with van der Waals surface area (Å²) in [7, 11) is -26.7. The van der Waals surface area contributed by atoms with Crippen LogP contribution in [0.5, 0.6) is 0 Å². The lowest BCUT2D eigenvalue weighted by atomic mass is 13.8. The first kappa shape index (κ1) is 16.4. The molecule has 0 saturated heterocycles. The summed E-state index contributed by atoms with van der Waals surface area (Å²) in [6, 6.07) is 0. The van der Waals surface area contributed by atoms with Crippen molar-refractivity contribution < 1.29 is 33.6 Å². The maximum Gasteiger partial charge on any atom is 0.638 e. The molecule has 0 aromatic heterocycles.